The van der Waals surface area contributed by atoms with Gasteiger partial charge in [0.25, 0.3) is 0 Å². The fourth-order valence-electron chi connectivity index (χ4n) is 7.82. The molecule has 1 saturated heterocycles. The van der Waals surface area contributed by atoms with Gasteiger partial charge in [0, 0.05) is 22.3 Å². The van der Waals surface area contributed by atoms with Crippen LogP contribution in [-0.2, 0) is 11.2 Å². The van der Waals surface area contributed by atoms with Crippen molar-refractivity contribution in [3.8, 4) is 11.1 Å². The summed E-state index contributed by atoms with van der Waals surface area (Å²) in [5.74, 6) is -4.71. The van der Waals surface area contributed by atoms with Crippen LogP contribution in [0.2, 0.25) is 0 Å². The fraction of sp³-hybridized carbons (Fsp3) is 0.514. The van der Waals surface area contributed by atoms with Gasteiger partial charge in [0.05, 0.1) is 12.7 Å². The highest BCUT2D eigenvalue weighted by Gasteiger charge is 2.35. The first kappa shape index (κ1) is 32.1. The first-order chi connectivity index (χ1) is 21.7. The van der Waals surface area contributed by atoms with E-state index in [1.54, 1.807) is 19.1 Å². The number of aliphatic hydroxyl groups is 1. The molecule has 0 spiro atoms. The lowest BCUT2D eigenvalue weighted by Crippen LogP contribution is -2.26. The number of halogens is 6. The smallest absolute Gasteiger partial charge is 0.167 e. The Morgan fingerprint density at radius 3 is 1.84 bits per heavy atom. The molecule has 1 aliphatic heterocycles. The zero-order valence-electron chi connectivity index (χ0n) is 25.5. The Hall–Kier alpha value is -2.84. The minimum atomic E-state index is -1.31. The Kier molecular flexibility index (Phi) is 9.62. The minimum absolute atomic E-state index is 0.0341. The third kappa shape index (κ3) is 6.55. The number of ether oxygens (including phenoxy) is 1. The monoisotopic (exact) mass is 630 g/mol. The molecule has 3 fully saturated rings. The van der Waals surface area contributed by atoms with Crippen LogP contribution < -0.4 is 0 Å². The van der Waals surface area contributed by atoms with Crippen molar-refractivity contribution in [2.45, 2.75) is 95.7 Å². The Bertz CT molecular complexity index is 1520. The molecular formula is C37H40F6O2. The first-order valence-corrected chi connectivity index (χ1v) is 16.4. The van der Waals surface area contributed by atoms with Gasteiger partial charge in [-0.1, -0.05) is 56.2 Å². The standard InChI is InChI=1S/C37H40F6O2/c1-2-30(44)28-17-16-27(35(41)36(28)42)26-14-13-24(32(38)34(26)40)8-5-20-3-6-21(7-4-20)22-9-11-23(12-10-22)25-15-18-29(31-19-45-31)37(43)33(25)39/h13-18,20-23,30-31,44H,2-12,19H2,1H3. The van der Waals surface area contributed by atoms with Crippen LogP contribution in [0.25, 0.3) is 11.1 Å². The highest BCUT2D eigenvalue weighted by atomic mass is 19.2. The van der Waals surface area contributed by atoms with Gasteiger partial charge in [-0.05, 0) is 92.6 Å². The second-order valence-electron chi connectivity index (χ2n) is 13.3. The molecule has 6 rings (SSSR count). The first-order valence-electron chi connectivity index (χ1n) is 16.4. The lowest BCUT2D eigenvalue weighted by atomic mass is 9.68. The van der Waals surface area contributed by atoms with Crippen molar-refractivity contribution in [2.24, 2.45) is 17.8 Å². The van der Waals surface area contributed by atoms with Crippen molar-refractivity contribution in [2.75, 3.05) is 6.61 Å². The van der Waals surface area contributed by atoms with Crippen LogP contribution in [-0.4, -0.2) is 11.7 Å². The van der Waals surface area contributed by atoms with Gasteiger partial charge in [-0.3, -0.25) is 0 Å². The van der Waals surface area contributed by atoms with Gasteiger partial charge in [0.1, 0.15) is 6.10 Å². The van der Waals surface area contributed by atoms with Gasteiger partial charge in [-0.15, -0.1) is 0 Å². The lowest BCUT2D eigenvalue weighted by molar-refractivity contribution is 0.156. The third-order valence-electron chi connectivity index (χ3n) is 10.7. The fourth-order valence-corrected chi connectivity index (χ4v) is 7.82. The summed E-state index contributed by atoms with van der Waals surface area (Å²) in [4.78, 5) is 0. The summed E-state index contributed by atoms with van der Waals surface area (Å²) >= 11 is 0. The van der Waals surface area contributed by atoms with E-state index in [-0.39, 0.29) is 40.7 Å². The molecule has 2 unspecified atom stereocenters. The van der Waals surface area contributed by atoms with Crippen molar-refractivity contribution >= 4 is 0 Å². The average Bonchev–Trinajstić information content (AvgIpc) is 3.90. The Balaban J connectivity index is 1.00. The van der Waals surface area contributed by atoms with Crippen molar-refractivity contribution in [1.29, 1.82) is 0 Å². The van der Waals surface area contributed by atoms with Crippen LogP contribution in [0.5, 0.6) is 0 Å². The number of benzene rings is 3. The van der Waals surface area contributed by atoms with E-state index in [2.05, 4.69) is 0 Å². The maximum atomic E-state index is 15.1. The summed E-state index contributed by atoms with van der Waals surface area (Å²) < 4.78 is 94.0. The molecule has 0 amide bonds. The SMILES string of the molecule is CCC(O)c1ccc(-c2ccc(CCC3CCC(C4CCC(c5ccc(C6CO6)c(F)c5F)CC4)CC3)c(F)c2F)c(F)c1F. The number of rotatable bonds is 9. The zero-order valence-corrected chi connectivity index (χ0v) is 25.5. The topological polar surface area (TPSA) is 32.8 Å². The summed E-state index contributed by atoms with van der Waals surface area (Å²) in [7, 11) is 0. The largest absolute Gasteiger partial charge is 0.388 e. The summed E-state index contributed by atoms with van der Waals surface area (Å²) in [5.41, 5.74) is 0.0757. The van der Waals surface area contributed by atoms with Crippen molar-refractivity contribution in [3.63, 3.8) is 0 Å². The molecule has 2 saturated carbocycles. The van der Waals surface area contributed by atoms with Crippen molar-refractivity contribution in [1.82, 2.24) is 0 Å². The Morgan fingerprint density at radius 2 is 1.22 bits per heavy atom. The lowest BCUT2D eigenvalue weighted by Gasteiger charge is -2.38. The zero-order chi connectivity index (χ0) is 31.8. The van der Waals surface area contributed by atoms with E-state index in [0.717, 1.165) is 51.4 Å². The molecule has 3 aromatic carbocycles. The van der Waals surface area contributed by atoms with E-state index in [1.165, 1.54) is 24.3 Å². The molecule has 2 nitrogen and oxygen atoms in total. The van der Waals surface area contributed by atoms with Gasteiger partial charge < -0.3 is 9.84 Å². The van der Waals surface area contributed by atoms with Crippen LogP contribution in [0, 0.1) is 52.7 Å². The number of epoxide rings is 1. The minimum Gasteiger partial charge on any atom is -0.388 e. The van der Waals surface area contributed by atoms with Crippen LogP contribution in [0.4, 0.5) is 26.3 Å². The van der Waals surface area contributed by atoms with Gasteiger partial charge in [-0.25, -0.2) is 26.3 Å². The Labute approximate surface area is 260 Å². The predicted molar refractivity (Wildman–Crippen MR) is 160 cm³/mol. The van der Waals surface area contributed by atoms with Gasteiger partial charge in [0.15, 0.2) is 34.9 Å². The third-order valence-corrected chi connectivity index (χ3v) is 10.7. The van der Waals surface area contributed by atoms with Crippen LogP contribution in [0.3, 0.4) is 0 Å². The highest BCUT2D eigenvalue weighted by Crippen LogP contribution is 2.46. The molecule has 3 aromatic rings. The number of hydrogen-bond donors (Lipinski definition) is 1. The summed E-state index contributed by atoms with van der Waals surface area (Å²) in [6, 6.07) is 8.54. The number of aryl methyl sites for hydroxylation is 1. The molecular weight excluding hydrogens is 590 g/mol. The summed E-state index contributed by atoms with van der Waals surface area (Å²) in [5, 5.41) is 9.90. The van der Waals surface area contributed by atoms with Gasteiger partial charge in [-0.2, -0.15) is 0 Å². The highest BCUT2D eigenvalue weighted by molar-refractivity contribution is 5.66. The van der Waals surface area contributed by atoms with E-state index in [1.807, 2.05) is 0 Å². The van der Waals surface area contributed by atoms with E-state index >= 15 is 8.78 Å². The molecule has 1 heterocycles. The normalized spacial score (nSPS) is 25.7. The van der Waals surface area contributed by atoms with Crippen LogP contribution >= 0.6 is 0 Å². The molecule has 3 aliphatic rings. The maximum Gasteiger partial charge on any atom is 0.167 e. The van der Waals surface area contributed by atoms with E-state index in [0.29, 0.717) is 48.3 Å². The number of hydrogen-bond acceptors (Lipinski definition) is 2. The van der Waals surface area contributed by atoms with Gasteiger partial charge in [0.2, 0.25) is 0 Å². The van der Waals surface area contributed by atoms with E-state index < -0.39 is 41.0 Å². The maximum absolute atomic E-state index is 15.1. The quantitative estimate of drug-likeness (QED) is 0.189. The average molecular weight is 631 g/mol. The molecule has 45 heavy (non-hydrogen) atoms. The number of aliphatic hydroxyl groups excluding tert-OH is 1. The molecule has 242 valence electrons. The molecule has 0 aromatic heterocycles. The van der Waals surface area contributed by atoms with E-state index in [9.17, 15) is 22.7 Å². The molecule has 1 N–H and O–H groups in total. The second-order valence-corrected chi connectivity index (χ2v) is 13.3. The van der Waals surface area contributed by atoms with Crippen LogP contribution in [0.1, 0.15) is 112 Å². The molecule has 0 bridgehead atoms. The Morgan fingerprint density at radius 1 is 0.667 bits per heavy atom. The van der Waals surface area contributed by atoms with Crippen molar-refractivity contribution in [3.05, 3.63) is 93.6 Å². The molecule has 2 aliphatic carbocycles. The molecule has 8 heteroatoms. The van der Waals surface area contributed by atoms with Crippen molar-refractivity contribution < 1.29 is 36.2 Å². The molecule has 2 atom stereocenters. The molecule has 0 radical (unpaired) electrons. The predicted octanol–water partition coefficient (Wildman–Crippen LogP) is 10.4. The summed E-state index contributed by atoms with van der Waals surface area (Å²) in [6.07, 6.45) is 7.63. The summed E-state index contributed by atoms with van der Waals surface area (Å²) in [6.45, 7) is 2.07. The van der Waals surface area contributed by atoms with Gasteiger partial charge >= 0.3 is 0 Å². The second kappa shape index (κ2) is 13.5. The van der Waals surface area contributed by atoms with E-state index in [4.69, 9.17) is 4.74 Å². The van der Waals surface area contributed by atoms with Crippen LogP contribution in [0.15, 0.2) is 36.4 Å².